The molecular formula is C6H11NS. The summed E-state index contributed by atoms with van der Waals surface area (Å²) in [4.78, 5) is 0. The van der Waals surface area contributed by atoms with Crippen molar-refractivity contribution in [2.75, 3.05) is 0 Å². The highest BCUT2D eigenvalue weighted by Gasteiger charge is 2.11. The minimum atomic E-state index is 0.597. The van der Waals surface area contributed by atoms with Crippen molar-refractivity contribution >= 4 is 11.9 Å². The van der Waals surface area contributed by atoms with Crippen LogP contribution in [-0.2, 0) is 0 Å². The Hall–Kier alpha value is 0.0500. The molecule has 0 radical (unpaired) electrons. The molecule has 1 atom stereocenters. The van der Waals surface area contributed by atoms with Gasteiger partial charge in [-0.1, -0.05) is 31.9 Å². The Morgan fingerprint density at radius 2 is 2.38 bits per heavy atom. The molecule has 0 aromatic heterocycles. The van der Waals surface area contributed by atoms with E-state index in [0.717, 1.165) is 5.92 Å². The second-order valence-corrected chi connectivity index (χ2v) is 3.08. The van der Waals surface area contributed by atoms with Crippen molar-refractivity contribution < 1.29 is 0 Å². The van der Waals surface area contributed by atoms with E-state index in [0.29, 0.717) is 6.04 Å². The summed E-state index contributed by atoms with van der Waals surface area (Å²) in [6, 6.07) is 0.597. The van der Waals surface area contributed by atoms with Gasteiger partial charge in [0.05, 0.1) is 0 Å². The fourth-order valence-electron chi connectivity index (χ4n) is 0.639. The number of hydrogen-bond donors (Lipinski definition) is 1. The number of nitrogens with one attached hydrogen (secondary N) is 1. The van der Waals surface area contributed by atoms with E-state index in [1.165, 1.54) is 0 Å². The van der Waals surface area contributed by atoms with E-state index in [4.69, 9.17) is 0 Å². The zero-order chi connectivity index (χ0) is 5.98. The van der Waals surface area contributed by atoms with Crippen LogP contribution in [0.1, 0.15) is 13.8 Å². The average molecular weight is 129 g/mol. The third kappa shape index (κ3) is 1.26. The smallest absolute Gasteiger partial charge is 0.0386 e. The first-order valence-electron chi connectivity index (χ1n) is 2.88. The molecule has 1 N–H and O–H groups in total. The van der Waals surface area contributed by atoms with Crippen LogP contribution in [0.2, 0.25) is 0 Å². The van der Waals surface area contributed by atoms with Gasteiger partial charge in [-0.15, -0.1) is 0 Å². The number of rotatable bonds is 1. The van der Waals surface area contributed by atoms with E-state index in [2.05, 4.69) is 30.1 Å². The van der Waals surface area contributed by atoms with Crippen LogP contribution >= 0.6 is 11.9 Å². The van der Waals surface area contributed by atoms with Crippen molar-refractivity contribution in [2.24, 2.45) is 5.92 Å². The lowest BCUT2D eigenvalue weighted by Crippen LogP contribution is -2.22. The molecule has 1 unspecified atom stereocenters. The van der Waals surface area contributed by atoms with Gasteiger partial charge in [0.1, 0.15) is 0 Å². The fourth-order valence-corrected chi connectivity index (χ4v) is 1.47. The van der Waals surface area contributed by atoms with Crippen molar-refractivity contribution in [3.63, 3.8) is 0 Å². The van der Waals surface area contributed by atoms with Crippen molar-refractivity contribution in [3.05, 3.63) is 11.5 Å². The summed E-state index contributed by atoms with van der Waals surface area (Å²) >= 11 is 1.68. The Labute approximate surface area is 54.7 Å². The monoisotopic (exact) mass is 129 g/mol. The standard InChI is InChI=1S/C6H11NS/c1-5(2)6-3-4-8-7-6/h3-7H,1-2H3. The molecule has 0 spiro atoms. The molecular weight excluding hydrogens is 118 g/mol. The highest BCUT2D eigenvalue weighted by Crippen LogP contribution is 2.15. The van der Waals surface area contributed by atoms with Crippen molar-refractivity contribution in [2.45, 2.75) is 19.9 Å². The molecule has 1 heterocycles. The highest BCUT2D eigenvalue weighted by atomic mass is 32.2. The fraction of sp³-hybridized carbons (Fsp3) is 0.667. The Kier molecular flexibility index (Phi) is 1.97. The largest absolute Gasteiger partial charge is 0.253 e. The molecule has 0 saturated carbocycles. The van der Waals surface area contributed by atoms with E-state index < -0.39 is 0 Å². The molecule has 0 aromatic carbocycles. The van der Waals surface area contributed by atoms with Gasteiger partial charge in [0, 0.05) is 6.04 Å². The Morgan fingerprint density at radius 3 is 2.62 bits per heavy atom. The molecule has 1 aliphatic rings. The zero-order valence-corrected chi connectivity index (χ0v) is 6.03. The zero-order valence-electron chi connectivity index (χ0n) is 5.22. The second kappa shape index (κ2) is 2.55. The first-order chi connectivity index (χ1) is 3.80. The Bertz CT molecular complexity index is 98.7. The van der Waals surface area contributed by atoms with Crippen LogP contribution in [0.3, 0.4) is 0 Å². The quantitative estimate of drug-likeness (QED) is 0.541. The van der Waals surface area contributed by atoms with Gasteiger partial charge in [-0.25, -0.2) is 0 Å². The maximum atomic E-state index is 3.26. The van der Waals surface area contributed by atoms with E-state index in [9.17, 15) is 0 Å². The molecule has 0 amide bonds. The summed E-state index contributed by atoms with van der Waals surface area (Å²) in [6.45, 7) is 4.43. The summed E-state index contributed by atoms with van der Waals surface area (Å²) in [7, 11) is 0. The van der Waals surface area contributed by atoms with Crippen LogP contribution in [-0.4, -0.2) is 6.04 Å². The van der Waals surface area contributed by atoms with Crippen LogP contribution in [0, 0.1) is 5.92 Å². The predicted octanol–water partition coefficient (Wildman–Crippen LogP) is 1.78. The van der Waals surface area contributed by atoms with Crippen LogP contribution in [0.5, 0.6) is 0 Å². The van der Waals surface area contributed by atoms with Crippen molar-refractivity contribution in [1.29, 1.82) is 0 Å². The summed E-state index contributed by atoms with van der Waals surface area (Å²) in [6.07, 6.45) is 2.20. The molecule has 0 fully saturated rings. The van der Waals surface area contributed by atoms with Gasteiger partial charge in [0.2, 0.25) is 0 Å². The summed E-state index contributed by atoms with van der Waals surface area (Å²) in [5.74, 6) is 0.723. The third-order valence-electron chi connectivity index (χ3n) is 1.28. The van der Waals surface area contributed by atoms with E-state index in [1.807, 2.05) is 0 Å². The molecule has 0 bridgehead atoms. The van der Waals surface area contributed by atoms with Gasteiger partial charge in [-0.2, -0.15) is 0 Å². The molecule has 46 valence electrons. The maximum Gasteiger partial charge on any atom is 0.0386 e. The number of hydrogen-bond acceptors (Lipinski definition) is 2. The minimum absolute atomic E-state index is 0.597. The van der Waals surface area contributed by atoms with Gasteiger partial charge in [0.25, 0.3) is 0 Å². The van der Waals surface area contributed by atoms with Crippen LogP contribution < -0.4 is 4.72 Å². The first-order valence-corrected chi connectivity index (χ1v) is 3.76. The van der Waals surface area contributed by atoms with E-state index in [1.54, 1.807) is 11.9 Å². The molecule has 2 heteroatoms. The molecule has 0 aromatic rings. The molecule has 1 aliphatic heterocycles. The predicted molar refractivity (Wildman–Crippen MR) is 38.5 cm³/mol. The topological polar surface area (TPSA) is 12.0 Å². The maximum absolute atomic E-state index is 3.26. The van der Waals surface area contributed by atoms with Gasteiger partial charge in [-0.05, 0) is 11.3 Å². The van der Waals surface area contributed by atoms with Gasteiger partial charge >= 0.3 is 0 Å². The second-order valence-electron chi connectivity index (χ2n) is 2.33. The SMILES string of the molecule is CC(C)C1C=CSN1. The average Bonchev–Trinajstić information content (AvgIpc) is 2.12. The summed E-state index contributed by atoms with van der Waals surface area (Å²) in [5.41, 5.74) is 0. The van der Waals surface area contributed by atoms with Crippen LogP contribution in [0.4, 0.5) is 0 Å². The Morgan fingerprint density at radius 1 is 1.62 bits per heavy atom. The van der Waals surface area contributed by atoms with Gasteiger partial charge < -0.3 is 0 Å². The lowest BCUT2D eigenvalue weighted by molar-refractivity contribution is 0.550. The summed E-state index contributed by atoms with van der Waals surface area (Å²) < 4.78 is 3.26. The van der Waals surface area contributed by atoms with Crippen LogP contribution in [0.25, 0.3) is 0 Å². The third-order valence-corrected chi connectivity index (χ3v) is 1.98. The normalized spacial score (nSPS) is 27.6. The lowest BCUT2D eigenvalue weighted by Gasteiger charge is -2.10. The first kappa shape index (κ1) is 6.17. The van der Waals surface area contributed by atoms with Crippen molar-refractivity contribution in [3.8, 4) is 0 Å². The Balaban J connectivity index is 2.36. The van der Waals surface area contributed by atoms with E-state index >= 15 is 0 Å². The van der Waals surface area contributed by atoms with Crippen molar-refractivity contribution in [1.82, 2.24) is 4.72 Å². The molecule has 1 nitrogen and oxygen atoms in total. The molecule has 8 heavy (non-hydrogen) atoms. The highest BCUT2D eigenvalue weighted by molar-refractivity contribution is 8.00. The van der Waals surface area contributed by atoms with Gasteiger partial charge in [0.15, 0.2) is 0 Å². The molecule has 0 saturated heterocycles. The lowest BCUT2D eigenvalue weighted by atomic mass is 10.1. The van der Waals surface area contributed by atoms with Crippen LogP contribution in [0.15, 0.2) is 11.5 Å². The summed E-state index contributed by atoms with van der Waals surface area (Å²) in [5, 5.41) is 2.10. The van der Waals surface area contributed by atoms with Gasteiger partial charge in [-0.3, -0.25) is 4.72 Å². The molecule has 1 rings (SSSR count). The minimum Gasteiger partial charge on any atom is -0.253 e. The molecule has 0 aliphatic carbocycles. The van der Waals surface area contributed by atoms with E-state index in [-0.39, 0.29) is 0 Å².